The molecule has 7 nitrogen and oxygen atoms in total. The van der Waals surface area contributed by atoms with E-state index in [1.807, 2.05) is 0 Å². The summed E-state index contributed by atoms with van der Waals surface area (Å²) in [5.41, 5.74) is 11.3. The van der Waals surface area contributed by atoms with E-state index in [0.717, 1.165) is 38.9 Å². The van der Waals surface area contributed by atoms with Gasteiger partial charge in [0.15, 0.2) is 0 Å². The molecule has 2 rings (SSSR count). The van der Waals surface area contributed by atoms with Crippen LogP contribution in [-0.2, 0) is 0 Å². The second-order valence-electron chi connectivity index (χ2n) is 4.53. The van der Waals surface area contributed by atoms with E-state index in [0.29, 0.717) is 12.0 Å². The smallest absolute Gasteiger partial charge is 0.232 e. The summed E-state index contributed by atoms with van der Waals surface area (Å²) >= 11 is 0. The molecule has 5 N–H and O–H groups in total. The van der Waals surface area contributed by atoms with Crippen LogP contribution in [0.3, 0.4) is 0 Å². The maximum Gasteiger partial charge on any atom is 0.232 e. The number of hydrogen-bond acceptors (Lipinski definition) is 7. The standard InChI is InChI=1S/C11H21N7/c1-2-7-18(8-3-5-14-6-4-8)11-16-9(12)15-10(13)17-11/h8,14H,2-7H2,1H3,(H4,12,13,15,16,17). The molecule has 0 aromatic carbocycles. The number of nitrogens with two attached hydrogens (primary N) is 2. The minimum atomic E-state index is 0.188. The van der Waals surface area contributed by atoms with E-state index in [-0.39, 0.29) is 11.9 Å². The van der Waals surface area contributed by atoms with Crippen molar-refractivity contribution in [1.82, 2.24) is 20.3 Å². The molecule has 0 atom stereocenters. The van der Waals surface area contributed by atoms with Gasteiger partial charge in [0, 0.05) is 12.6 Å². The molecule has 0 spiro atoms. The Hall–Kier alpha value is -1.63. The third-order valence-corrected chi connectivity index (χ3v) is 3.13. The number of nitrogens with zero attached hydrogens (tertiary/aromatic N) is 4. The number of nitrogens with one attached hydrogen (secondary N) is 1. The Labute approximate surface area is 107 Å². The van der Waals surface area contributed by atoms with Crippen LogP contribution >= 0.6 is 0 Å². The Bertz CT molecular complexity index is 369. The van der Waals surface area contributed by atoms with Crippen molar-refractivity contribution in [2.45, 2.75) is 32.2 Å². The number of aromatic nitrogens is 3. The first-order valence-electron chi connectivity index (χ1n) is 6.45. The fourth-order valence-corrected chi connectivity index (χ4v) is 2.33. The first-order valence-corrected chi connectivity index (χ1v) is 6.45. The van der Waals surface area contributed by atoms with Crippen molar-refractivity contribution in [1.29, 1.82) is 0 Å². The second-order valence-corrected chi connectivity index (χ2v) is 4.53. The van der Waals surface area contributed by atoms with Crippen molar-refractivity contribution in [2.75, 3.05) is 36.0 Å². The van der Waals surface area contributed by atoms with E-state index >= 15 is 0 Å². The van der Waals surface area contributed by atoms with Crippen molar-refractivity contribution in [3.05, 3.63) is 0 Å². The lowest BCUT2D eigenvalue weighted by atomic mass is 10.1. The van der Waals surface area contributed by atoms with Crippen LogP contribution in [0.25, 0.3) is 0 Å². The van der Waals surface area contributed by atoms with Gasteiger partial charge in [-0.2, -0.15) is 15.0 Å². The van der Waals surface area contributed by atoms with Gasteiger partial charge in [0.2, 0.25) is 17.8 Å². The van der Waals surface area contributed by atoms with E-state index in [9.17, 15) is 0 Å². The highest BCUT2D eigenvalue weighted by Crippen LogP contribution is 2.19. The highest BCUT2D eigenvalue weighted by molar-refractivity contribution is 5.40. The summed E-state index contributed by atoms with van der Waals surface area (Å²) in [6.07, 6.45) is 3.21. The van der Waals surface area contributed by atoms with Gasteiger partial charge in [0.05, 0.1) is 0 Å². The Kier molecular flexibility index (Phi) is 4.14. The van der Waals surface area contributed by atoms with Gasteiger partial charge >= 0.3 is 0 Å². The van der Waals surface area contributed by atoms with Gasteiger partial charge in [-0.3, -0.25) is 0 Å². The van der Waals surface area contributed by atoms with Gasteiger partial charge in [-0.15, -0.1) is 0 Å². The molecule has 1 aliphatic rings. The molecule has 0 amide bonds. The number of rotatable bonds is 4. The lowest BCUT2D eigenvalue weighted by Gasteiger charge is -2.34. The second kappa shape index (κ2) is 5.81. The lowest BCUT2D eigenvalue weighted by molar-refractivity contribution is 0.424. The van der Waals surface area contributed by atoms with Crippen molar-refractivity contribution < 1.29 is 0 Å². The van der Waals surface area contributed by atoms with Crippen LogP contribution in [0.1, 0.15) is 26.2 Å². The summed E-state index contributed by atoms with van der Waals surface area (Å²) < 4.78 is 0. The molecule has 0 radical (unpaired) electrons. The first kappa shape index (κ1) is 12.8. The van der Waals surface area contributed by atoms with Crippen LogP contribution in [-0.4, -0.2) is 40.6 Å². The normalized spacial score (nSPS) is 16.7. The molecule has 1 saturated heterocycles. The van der Waals surface area contributed by atoms with E-state index in [1.165, 1.54) is 0 Å². The quantitative estimate of drug-likeness (QED) is 0.691. The predicted octanol–water partition coefficient (Wildman–Crippen LogP) is 0.00440. The summed E-state index contributed by atoms with van der Waals surface area (Å²) in [5, 5.41) is 3.36. The average Bonchev–Trinajstić information content (AvgIpc) is 2.36. The van der Waals surface area contributed by atoms with Gasteiger partial charge in [0.1, 0.15) is 0 Å². The van der Waals surface area contributed by atoms with Crippen LogP contribution < -0.4 is 21.7 Å². The largest absolute Gasteiger partial charge is 0.368 e. The molecular formula is C11H21N7. The highest BCUT2D eigenvalue weighted by Gasteiger charge is 2.23. The average molecular weight is 251 g/mol. The van der Waals surface area contributed by atoms with Gasteiger partial charge in [0.25, 0.3) is 0 Å². The molecule has 7 heteroatoms. The molecule has 0 aliphatic carbocycles. The maximum atomic E-state index is 5.64. The molecule has 1 aromatic heterocycles. The number of nitrogen functional groups attached to an aromatic ring is 2. The zero-order valence-electron chi connectivity index (χ0n) is 10.8. The van der Waals surface area contributed by atoms with Crippen molar-refractivity contribution >= 4 is 17.8 Å². The molecule has 18 heavy (non-hydrogen) atoms. The number of anilines is 3. The molecule has 0 unspecified atom stereocenters. The summed E-state index contributed by atoms with van der Waals surface area (Å²) in [6.45, 7) is 5.11. The summed E-state index contributed by atoms with van der Waals surface area (Å²) in [5.74, 6) is 0.980. The summed E-state index contributed by atoms with van der Waals surface area (Å²) in [6, 6.07) is 0.451. The predicted molar refractivity (Wildman–Crippen MR) is 72.2 cm³/mol. The van der Waals surface area contributed by atoms with Gasteiger partial charge in [-0.1, -0.05) is 6.92 Å². The molecule has 0 saturated carbocycles. The Morgan fingerprint density at radius 2 is 1.78 bits per heavy atom. The Morgan fingerprint density at radius 3 is 2.33 bits per heavy atom. The molecule has 100 valence electrons. The summed E-state index contributed by atoms with van der Waals surface area (Å²) in [4.78, 5) is 14.4. The van der Waals surface area contributed by atoms with Crippen LogP contribution in [0, 0.1) is 0 Å². The van der Waals surface area contributed by atoms with E-state index in [4.69, 9.17) is 11.5 Å². The lowest BCUT2D eigenvalue weighted by Crippen LogP contribution is -2.44. The SMILES string of the molecule is CCCN(c1nc(N)nc(N)n1)C1CCNCC1. The van der Waals surface area contributed by atoms with Gasteiger partial charge in [-0.25, -0.2) is 0 Å². The van der Waals surface area contributed by atoms with Crippen LogP contribution in [0.2, 0.25) is 0 Å². The Balaban J connectivity index is 2.22. The molecular weight excluding hydrogens is 230 g/mol. The third kappa shape index (κ3) is 2.98. The third-order valence-electron chi connectivity index (χ3n) is 3.13. The van der Waals surface area contributed by atoms with E-state index in [1.54, 1.807) is 0 Å². The molecule has 1 fully saturated rings. The zero-order valence-corrected chi connectivity index (χ0v) is 10.8. The van der Waals surface area contributed by atoms with Crippen molar-refractivity contribution in [3.63, 3.8) is 0 Å². The first-order chi connectivity index (χ1) is 8.70. The van der Waals surface area contributed by atoms with Crippen LogP contribution in [0.5, 0.6) is 0 Å². The minimum absolute atomic E-state index is 0.188. The van der Waals surface area contributed by atoms with Crippen molar-refractivity contribution in [2.24, 2.45) is 0 Å². The molecule has 1 aromatic rings. The topological polar surface area (TPSA) is 106 Å². The Morgan fingerprint density at radius 1 is 1.17 bits per heavy atom. The number of piperidine rings is 1. The monoisotopic (exact) mass is 251 g/mol. The number of hydrogen-bond donors (Lipinski definition) is 3. The van der Waals surface area contributed by atoms with Crippen molar-refractivity contribution in [3.8, 4) is 0 Å². The molecule has 2 heterocycles. The highest BCUT2D eigenvalue weighted by atomic mass is 15.3. The van der Waals surface area contributed by atoms with E-state index < -0.39 is 0 Å². The zero-order chi connectivity index (χ0) is 13.0. The fraction of sp³-hybridized carbons (Fsp3) is 0.727. The van der Waals surface area contributed by atoms with Crippen LogP contribution in [0.15, 0.2) is 0 Å². The van der Waals surface area contributed by atoms with Crippen LogP contribution in [0.4, 0.5) is 17.8 Å². The molecule has 0 bridgehead atoms. The van der Waals surface area contributed by atoms with Gasteiger partial charge in [-0.05, 0) is 32.4 Å². The van der Waals surface area contributed by atoms with Gasteiger partial charge < -0.3 is 21.7 Å². The molecule has 1 aliphatic heterocycles. The van der Waals surface area contributed by atoms with E-state index in [2.05, 4.69) is 32.1 Å². The fourth-order valence-electron chi connectivity index (χ4n) is 2.33. The maximum absolute atomic E-state index is 5.64. The minimum Gasteiger partial charge on any atom is -0.368 e. The summed E-state index contributed by atoms with van der Waals surface area (Å²) in [7, 11) is 0.